The first-order chi connectivity index (χ1) is 9.63. The minimum Gasteiger partial charge on any atom is -0.375 e. The fraction of sp³-hybridized carbons (Fsp3) is 0.154. The molecule has 0 spiro atoms. The molecule has 0 aliphatic carbocycles. The summed E-state index contributed by atoms with van der Waals surface area (Å²) in [5, 5.41) is 3.35. The van der Waals surface area contributed by atoms with Crippen LogP contribution in [0.5, 0.6) is 0 Å². The number of imidazole rings is 1. The molecule has 3 rings (SSSR count). The molecule has 0 fully saturated rings. The van der Waals surface area contributed by atoms with Gasteiger partial charge in [0.05, 0.1) is 16.8 Å². The summed E-state index contributed by atoms with van der Waals surface area (Å²) in [6.45, 7) is 0.394. The molecule has 0 atom stereocenters. The number of carbonyl (C=O) groups excluding carboxylic acids is 1. The number of benzene rings is 1. The first-order valence-electron chi connectivity index (χ1n) is 6.04. The van der Waals surface area contributed by atoms with E-state index in [1.165, 1.54) is 11.3 Å². The Labute approximate surface area is 119 Å². The Bertz CT molecular complexity index is 776. The molecule has 1 amide bonds. The highest BCUT2D eigenvalue weighted by Crippen LogP contribution is 2.24. The summed E-state index contributed by atoms with van der Waals surface area (Å²) in [6.07, 6.45) is 3.54. The lowest BCUT2D eigenvalue weighted by Crippen LogP contribution is -2.24. The van der Waals surface area contributed by atoms with Crippen molar-refractivity contribution in [3.63, 3.8) is 0 Å². The highest BCUT2D eigenvalue weighted by Gasteiger charge is 2.09. The molecular formula is C13H13N5OS. The molecule has 6 nitrogen and oxygen atoms in total. The zero-order chi connectivity index (χ0) is 14.1. The number of fused-ring (bicyclic) bond motifs is 1. The van der Waals surface area contributed by atoms with Crippen molar-refractivity contribution >= 4 is 32.6 Å². The molecule has 0 saturated carbocycles. The predicted molar refractivity (Wildman–Crippen MR) is 78.4 cm³/mol. The van der Waals surface area contributed by atoms with E-state index < -0.39 is 0 Å². The van der Waals surface area contributed by atoms with E-state index >= 15 is 0 Å². The summed E-state index contributed by atoms with van der Waals surface area (Å²) < 4.78 is 2.78. The predicted octanol–water partition coefficient (Wildman–Crippen LogP) is 1.54. The second-order valence-electron chi connectivity index (χ2n) is 4.37. The normalized spacial score (nSPS) is 10.8. The van der Waals surface area contributed by atoms with Crippen molar-refractivity contribution in [2.24, 2.45) is 7.05 Å². The number of carbonyl (C=O) groups is 1. The van der Waals surface area contributed by atoms with Gasteiger partial charge in [0.25, 0.3) is 5.91 Å². The minimum absolute atomic E-state index is 0.137. The second-order valence-corrected chi connectivity index (χ2v) is 5.43. The molecule has 2 aromatic heterocycles. The molecule has 3 N–H and O–H groups in total. The molecule has 0 saturated heterocycles. The number of nitrogen functional groups attached to an aromatic ring is 1. The summed E-state index contributed by atoms with van der Waals surface area (Å²) in [7, 11) is 1.89. The Morgan fingerprint density at radius 1 is 1.50 bits per heavy atom. The molecule has 3 aromatic rings. The van der Waals surface area contributed by atoms with Gasteiger partial charge in [-0.05, 0) is 18.2 Å². The first-order valence-corrected chi connectivity index (χ1v) is 6.85. The van der Waals surface area contributed by atoms with E-state index in [0.29, 0.717) is 17.2 Å². The van der Waals surface area contributed by atoms with Crippen molar-refractivity contribution in [1.29, 1.82) is 0 Å². The fourth-order valence-corrected chi connectivity index (χ4v) is 2.69. The maximum absolute atomic E-state index is 12.1. The number of anilines is 1. The van der Waals surface area contributed by atoms with E-state index in [1.807, 2.05) is 17.8 Å². The fourth-order valence-electron chi connectivity index (χ4n) is 1.91. The van der Waals surface area contributed by atoms with Gasteiger partial charge in [-0.15, -0.1) is 0 Å². The van der Waals surface area contributed by atoms with Gasteiger partial charge in [-0.2, -0.15) is 0 Å². The Hall–Kier alpha value is -2.41. The SMILES string of the molecule is Cn1ccnc1CNC(=O)c1ccc2nc(N)sc2c1. The molecule has 0 radical (unpaired) electrons. The molecular weight excluding hydrogens is 274 g/mol. The number of aryl methyl sites for hydroxylation is 1. The monoisotopic (exact) mass is 287 g/mol. The maximum Gasteiger partial charge on any atom is 0.251 e. The van der Waals surface area contributed by atoms with Crippen LogP contribution in [0.1, 0.15) is 16.2 Å². The van der Waals surface area contributed by atoms with Crippen LogP contribution >= 0.6 is 11.3 Å². The van der Waals surface area contributed by atoms with Crippen molar-refractivity contribution in [3.8, 4) is 0 Å². The van der Waals surface area contributed by atoms with Gasteiger partial charge in [-0.3, -0.25) is 4.79 Å². The molecule has 2 heterocycles. The number of nitrogens with zero attached hydrogens (tertiary/aromatic N) is 3. The number of aromatic nitrogens is 3. The third-order valence-corrected chi connectivity index (χ3v) is 3.84. The van der Waals surface area contributed by atoms with Crippen LogP contribution in [0, 0.1) is 0 Å². The molecule has 7 heteroatoms. The minimum atomic E-state index is -0.137. The topological polar surface area (TPSA) is 85.8 Å². The third kappa shape index (κ3) is 2.35. The number of nitrogens with two attached hydrogens (primary N) is 1. The average Bonchev–Trinajstić information content (AvgIpc) is 2.99. The summed E-state index contributed by atoms with van der Waals surface area (Å²) in [4.78, 5) is 20.4. The van der Waals surface area contributed by atoms with Crippen molar-refractivity contribution < 1.29 is 4.79 Å². The van der Waals surface area contributed by atoms with Crippen LogP contribution in [0.25, 0.3) is 10.2 Å². The van der Waals surface area contributed by atoms with Gasteiger partial charge in [0.1, 0.15) is 5.82 Å². The van der Waals surface area contributed by atoms with Crippen LogP contribution in [0.2, 0.25) is 0 Å². The first kappa shape index (κ1) is 12.6. The van der Waals surface area contributed by atoms with E-state index in [1.54, 1.807) is 24.4 Å². The Balaban J connectivity index is 1.76. The summed E-state index contributed by atoms with van der Waals surface area (Å²) >= 11 is 1.37. The van der Waals surface area contributed by atoms with Crippen LogP contribution in [-0.4, -0.2) is 20.4 Å². The van der Waals surface area contributed by atoms with Gasteiger partial charge < -0.3 is 15.6 Å². The van der Waals surface area contributed by atoms with E-state index in [9.17, 15) is 4.79 Å². The zero-order valence-corrected chi connectivity index (χ0v) is 11.6. The van der Waals surface area contributed by atoms with Crippen LogP contribution in [-0.2, 0) is 13.6 Å². The Kier molecular flexibility index (Phi) is 3.11. The smallest absolute Gasteiger partial charge is 0.251 e. The number of rotatable bonds is 3. The molecule has 0 aliphatic rings. The number of hydrogen-bond acceptors (Lipinski definition) is 5. The third-order valence-electron chi connectivity index (χ3n) is 3.00. The number of nitrogens with one attached hydrogen (secondary N) is 1. The van der Waals surface area contributed by atoms with Gasteiger partial charge in [0.2, 0.25) is 0 Å². The van der Waals surface area contributed by atoms with Gasteiger partial charge in [-0.1, -0.05) is 11.3 Å². The molecule has 0 bridgehead atoms. The van der Waals surface area contributed by atoms with E-state index in [2.05, 4.69) is 15.3 Å². The summed E-state index contributed by atoms with van der Waals surface area (Å²) in [6, 6.07) is 5.35. The molecule has 20 heavy (non-hydrogen) atoms. The highest BCUT2D eigenvalue weighted by atomic mass is 32.1. The van der Waals surface area contributed by atoms with E-state index in [4.69, 9.17) is 5.73 Å². The van der Waals surface area contributed by atoms with Crippen molar-refractivity contribution in [2.45, 2.75) is 6.54 Å². The molecule has 0 unspecified atom stereocenters. The lowest BCUT2D eigenvalue weighted by Gasteiger charge is -2.05. The van der Waals surface area contributed by atoms with E-state index in [-0.39, 0.29) is 5.91 Å². The highest BCUT2D eigenvalue weighted by molar-refractivity contribution is 7.22. The molecule has 102 valence electrons. The number of hydrogen-bond donors (Lipinski definition) is 2. The van der Waals surface area contributed by atoms with Crippen molar-refractivity contribution in [1.82, 2.24) is 19.9 Å². The lowest BCUT2D eigenvalue weighted by atomic mass is 10.2. The van der Waals surface area contributed by atoms with Crippen molar-refractivity contribution in [3.05, 3.63) is 42.0 Å². The van der Waals surface area contributed by atoms with Crippen LogP contribution in [0.3, 0.4) is 0 Å². The van der Waals surface area contributed by atoms with Gasteiger partial charge in [0, 0.05) is 25.0 Å². The van der Waals surface area contributed by atoms with Crippen LogP contribution in [0.4, 0.5) is 5.13 Å². The Morgan fingerprint density at radius 3 is 3.10 bits per heavy atom. The van der Waals surface area contributed by atoms with Gasteiger partial charge in [0.15, 0.2) is 5.13 Å². The largest absolute Gasteiger partial charge is 0.375 e. The number of thiazole rings is 1. The Morgan fingerprint density at radius 2 is 2.35 bits per heavy atom. The standard InChI is InChI=1S/C13H13N5OS/c1-18-5-4-15-11(18)7-16-12(19)8-2-3-9-10(6-8)20-13(14)17-9/h2-6H,7H2,1H3,(H2,14,17)(H,16,19). The maximum atomic E-state index is 12.1. The van der Waals surface area contributed by atoms with Crippen molar-refractivity contribution in [2.75, 3.05) is 5.73 Å². The summed E-state index contributed by atoms with van der Waals surface area (Å²) in [5.41, 5.74) is 7.06. The quantitative estimate of drug-likeness (QED) is 0.765. The second kappa shape index (κ2) is 4.93. The van der Waals surface area contributed by atoms with E-state index in [0.717, 1.165) is 16.0 Å². The average molecular weight is 287 g/mol. The lowest BCUT2D eigenvalue weighted by molar-refractivity contribution is 0.0950. The number of amides is 1. The zero-order valence-electron chi connectivity index (χ0n) is 10.8. The summed E-state index contributed by atoms with van der Waals surface area (Å²) in [5.74, 6) is 0.670. The molecule has 1 aromatic carbocycles. The van der Waals surface area contributed by atoms with Gasteiger partial charge in [-0.25, -0.2) is 9.97 Å². The van der Waals surface area contributed by atoms with Crippen LogP contribution < -0.4 is 11.1 Å². The van der Waals surface area contributed by atoms with Crippen LogP contribution in [0.15, 0.2) is 30.6 Å². The van der Waals surface area contributed by atoms with Gasteiger partial charge >= 0.3 is 0 Å². The molecule has 0 aliphatic heterocycles.